The number of nitrogens with one attached hydrogen (secondary N) is 1. The van der Waals surface area contributed by atoms with Crippen LogP contribution in [0.25, 0.3) is 0 Å². The van der Waals surface area contributed by atoms with Gasteiger partial charge in [0.25, 0.3) is 0 Å². The van der Waals surface area contributed by atoms with Crippen LogP contribution in [0.3, 0.4) is 0 Å². The highest BCUT2D eigenvalue weighted by Crippen LogP contribution is 2.48. The van der Waals surface area contributed by atoms with Crippen LogP contribution >= 0.6 is 0 Å². The molecule has 2 aromatic rings. The number of aromatic hydroxyl groups is 1. The van der Waals surface area contributed by atoms with Gasteiger partial charge in [0, 0.05) is 53.5 Å². The average molecular weight is 485 g/mol. The molecule has 2 fully saturated rings. The van der Waals surface area contributed by atoms with Crippen molar-refractivity contribution in [2.24, 2.45) is 4.99 Å². The Balaban J connectivity index is 1.31. The average Bonchev–Trinajstić information content (AvgIpc) is 3.42. The number of ketones is 1. The minimum atomic E-state index is -0.390. The number of carbonyl (C=O) groups is 1. The molecule has 0 unspecified atom stereocenters. The summed E-state index contributed by atoms with van der Waals surface area (Å²) >= 11 is 0. The zero-order valence-corrected chi connectivity index (χ0v) is 21.4. The van der Waals surface area contributed by atoms with E-state index in [1.807, 2.05) is 0 Å². The number of phenols is 1. The van der Waals surface area contributed by atoms with E-state index in [4.69, 9.17) is 0 Å². The number of anilines is 2. The van der Waals surface area contributed by atoms with Crippen LogP contribution in [-0.4, -0.2) is 54.7 Å². The van der Waals surface area contributed by atoms with E-state index in [9.17, 15) is 9.90 Å². The molecule has 0 saturated carbocycles. The highest BCUT2D eigenvalue weighted by molar-refractivity contribution is 6.14. The van der Waals surface area contributed by atoms with Crippen molar-refractivity contribution in [2.45, 2.75) is 64.0 Å². The van der Waals surface area contributed by atoms with Gasteiger partial charge in [-0.05, 0) is 80.4 Å². The van der Waals surface area contributed by atoms with E-state index < -0.39 is 0 Å². The Kier molecular flexibility index (Phi) is 5.67. The Morgan fingerprint density at radius 2 is 1.86 bits per heavy atom. The predicted octanol–water partition coefficient (Wildman–Crippen LogP) is 5.05. The van der Waals surface area contributed by atoms with Gasteiger partial charge in [-0.1, -0.05) is 26.0 Å². The third-order valence-electron chi connectivity index (χ3n) is 8.79. The monoisotopic (exact) mass is 484 g/mol. The van der Waals surface area contributed by atoms with Gasteiger partial charge in [-0.15, -0.1) is 0 Å². The number of hydrogen-bond acceptors (Lipinski definition) is 6. The van der Waals surface area contributed by atoms with Crippen LogP contribution in [-0.2, 0) is 18.4 Å². The first-order valence-electron chi connectivity index (χ1n) is 13.3. The summed E-state index contributed by atoms with van der Waals surface area (Å²) < 4.78 is 0. The second-order valence-electron chi connectivity index (χ2n) is 11.3. The molecule has 6 heteroatoms. The molecule has 0 radical (unpaired) electrons. The third-order valence-corrected chi connectivity index (χ3v) is 8.79. The standard InChI is InChI=1S/C30H36N4O2/c1-30(2)24-17-26(34-12-8-21(9-13-34)33-10-4-5-11-33)27(35)16-22(24)28(36)23-15-20-7-6-19(18-31-3)14-25(20)32-29(23)30/h6-7,14,16-17,21,32,35H,3-5,8-13,15,18H2,1-2H3. The lowest BCUT2D eigenvalue weighted by molar-refractivity contribution is 0.102. The zero-order chi connectivity index (χ0) is 25.0. The molecule has 188 valence electrons. The number of benzene rings is 2. The molecule has 2 saturated heterocycles. The first-order chi connectivity index (χ1) is 17.4. The van der Waals surface area contributed by atoms with Gasteiger partial charge < -0.3 is 20.2 Å². The Hall–Kier alpha value is -3.12. The van der Waals surface area contributed by atoms with E-state index in [2.05, 4.69) is 64.9 Å². The fourth-order valence-corrected chi connectivity index (χ4v) is 6.75. The predicted molar refractivity (Wildman–Crippen MR) is 146 cm³/mol. The van der Waals surface area contributed by atoms with E-state index in [-0.39, 0.29) is 16.9 Å². The summed E-state index contributed by atoms with van der Waals surface area (Å²) in [5, 5.41) is 14.7. The van der Waals surface area contributed by atoms with E-state index >= 15 is 0 Å². The first-order valence-corrected chi connectivity index (χ1v) is 13.3. The first kappa shape index (κ1) is 23.3. The SMILES string of the molecule is C=NCc1ccc2c(c1)NC1=C(C2)C(=O)c2cc(O)c(N3CCC(N4CCCC4)CC3)cc2C1(C)C. The van der Waals surface area contributed by atoms with Crippen LogP contribution in [0.2, 0.25) is 0 Å². The summed E-state index contributed by atoms with van der Waals surface area (Å²) in [6.07, 6.45) is 5.46. The van der Waals surface area contributed by atoms with E-state index in [0.29, 0.717) is 24.6 Å². The van der Waals surface area contributed by atoms with Crippen LogP contribution in [0.15, 0.2) is 46.6 Å². The molecule has 1 aliphatic carbocycles. The second-order valence-corrected chi connectivity index (χ2v) is 11.3. The molecule has 0 bridgehead atoms. The molecule has 6 rings (SSSR count). The molecule has 2 N–H and O–H groups in total. The summed E-state index contributed by atoms with van der Waals surface area (Å²) in [7, 11) is 0. The van der Waals surface area contributed by atoms with Gasteiger partial charge in [0.2, 0.25) is 0 Å². The molecule has 36 heavy (non-hydrogen) atoms. The molecule has 0 atom stereocenters. The Labute approximate surface area is 213 Å². The van der Waals surface area contributed by atoms with Crippen LogP contribution in [0.5, 0.6) is 5.75 Å². The largest absolute Gasteiger partial charge is 0.506 e. The van der Waals surface area contributed by atoms with Crippen LogP contribution < -0.4 is 10.2 Å². The highest BCUT2D eigenvalue weighted by atomic mass is 16.3. The summed E-state index contributed by atoms with van der Waals surface area (Å²) in [4.78, 5) is 22.7. The summed E-state index contributed by atoms with van der Waals surface area (Å²) in [6.45, 7) is 12.9. The van der Waals surface area contributed by atoms with Gasteiger partial charge in [0.15, 0.2) is 5.78 Å². The Bertz CT molecular complexity index is 1260. The van der Waals surface area contributed by atoms with Crippen molar-refractivity contribution in [3.05, 3.63) is 63.9 Å². The quantitative estimate of drug-likeness (QED) is 0.594. The Morgan fingerprint density at radius 3 is 2.58 bits per heavy atom. The highest BCUT2D eigenvalue weighted by Gasteiger charge is 2.42. The van der Waals surface area contributed by atoms with Crippen molar-refractivity contribution >= 4 is 23.9 Å². The molecule has 3 heterocycles. The van der Waals surface area contributed by atoms with Crippen LogP contribution in [0, 0.1) is 0 Å². The summed E-state index contributed by atoms with van der Waals surface area (Å²) in [5.41, 5.74) is 7.11. The number of aliphatic imine (C=N–C) groups is 1. The minimum absolute atomic E-state index is 0.0175. The number of nitrogens with zero attached hydrogens (tertiary/aromatic N) is 3. The lowest BCUT2D eigenvalue weighted by atomic mass is 9.69. The minimum Gasteiger partial charge on any atom is -0.506 e. The molecule has 0 aromatic heterocycles. The summed E-state index contributed by atoms with van der Waals surface area (Å²) in [5.74, 6) is 0.233. The third kappa shape index (κ3) is 3.74. The number of allylic oxidation sites excluding steroid dienone is 2. The molecule has 0 spiro atoms. The number of hydrogen-bond donors (Lipinski definition) is 2. The number of likely N-dealkylation sites (tertiary alicyclic amines) is 1. The van der Waals surface area contributed by atoms with Crippen molar-refractivity contribution in [3.63, 3.8) is 0 Å². The van der Waals surface area contributed by atoms with Gasteiger partial charge in [0.1, 0.15) is 5.75 Å². The van der Waals surface area contributed by atoms with Gasteiger partial charge in [-0.25, -0.2) is 0 Å². The maximum Gasteiger partial charge on any atom is 0.191 e. The molecule has 0 amide bonds. The van der Waals surface area contributed by atoms with Gasteiger partial charge in [-0.2, -0.15) is 0 Å². The molecular formula is C30H36N4O2. The van der Waals surface area contributed by atoms with E-state index in [1.54, 1.807) is 6.07 Å². The maximum atomic E-state index is 13.7. The van der Waals surface area contributed by atoms with E-state index in [0.717, 1.165) is 65.3 Å². The number of Topliss-reactive ketones (excluding diaryl/α,β-unsaturated/α-hetero) is 1. The fourth-order valence-electron chi connectivity index (χ4n) is 6.75. The number of fused-ring (bicyclic) bond motifs is 2. The van der Waals surface area contributed by atoms with E-state index in [1.165, 1.54) is 25.9 Å². The molecule has 6 nitrogen and oxygen atoms in total. The number of piperidine rings is 1. The molecule has 2 aromatic carbocycles. The Morgan fingerprint density at radius 1 is 1.11 bits per heavy atom. The van der Waals surface area contributed by atoms with Crippen molar-refractivity contribution in [1.29, 1.82) is 0 Å². The molecule has 4 aliphatic rings. The van der Waals surface area contributed by atoms with Crippen LogP contribution in [0.1, 0.15) is 66.6 Å². The second kappa shape index (κ2) is 8.77. The molecular weight excluding hydrogens is 448 g/mol. The molecule has 3 aliphatic heterocycles. The lowest BCUT2D eigenvalue weighted by Crippen LogP contribution is -2.44. The van der Waals surface area contributed by atoms with Crippen molar-refractivity contribution < 1.29 is 9.90 Å². The summed E-state index contributed by atoms with van der Waals surface area (Å²) in [6, 6.07) is 10.7. The van der Waals surface area contributed by atoms with Crippen molar-refractivity contribution in [2.75, 3.05) is 36.4 Å². The fraction of sp³-hybridized carbons (Fsp3) is 0.467. The number of rotatable bonds is 4. The number of phenolic OH excluding ortho intramolecular Hbond substituents is 1. The van der Waals surface area contributed by atoms with Crippen LogP contribution in [0.4, 0.5) is 11.4 Å². The van der Waals surface area contributed by atoms with Crippen molar-refractivity contribution in [1.82, 2.24) is 4.90 Å². The van der Waals surface area contributed by atoms with Crippen molar-refractivity contribution in [3.8, 4) is 5.75 Å². The van der Waals surface area contributed by atoms with Gasteiger partial charge >= 0.3 is 0 Å². The normalized spacial score (nSPS) is 21.6. The van der Waals surface area contributed by atoms with Gasteiger partial charge in [-0.3, -0.25) is 9.79 Å². The topological polar surface area (TPSA) is 68.2 Å². The zero-order valence-electron chi connectivity index (χ0n) is 21.4. The van der Waals surface area contributed by atoms with Gasteiger partial charge in [0.05, 0.1) is 12.2 Å². The lowest BCUT2D eigenvalue weighted by Gasteiger charge is -2.41. The smallest absolute Gasteiger partial charge is 0.191 e. The maximum absolute atomic E-state index is 13.7. The number of carbonyl (C=O) groups excluding carboxylic acids is 1.